The van der Waals surface area contributed by atoms with E-state index < -0.39 is 0 Å². The molecular formula is C15H15FN2S. The molecule has 0 aliphatic heterocycles. The SMILES string of the molecule is Cc1cc(Nc2c(C)cccc2C(N)=S)ccc1F. The zero-order chi connectivity index (χ0) is 14.0. The van der Waals surface area contributed by atoms with Gasteiger partial charge in [-0.2, -0.15) is 0 Å². The zero-order valence-electron chi connectivity index (χ0n) is 10.8. The molecule has 0 saturated heterocycles. The number of para-hydroxylation sites is 1. The fraction of sp³-hybridized carbons (Fsp3) is 0.133. The Balaban J connectivity index is 2.42. The summed E-state index contributed by atoms with van der Waals surface area (Å²) < 4.78 is 13.3. The number of thiocarbonyl (C=S) groups is 1. The van der Waals surface area contributed by atoms with Gasteiger partial charge in [-0.25, -0.2) is 4.39 Å². The fourth-order valence-corrected chi connectivity index (χ4v) is 2.08. The predicted octanol–water partition coefficient (Wildman–Crippen LogP) is 3.82. The van der Waals surface area contributed by atoms with Gasteiger partial charge in [0.25, 0.3) is 0 Å². The zero-order valence-corrected chi connectivity index (χ0v) is 11.6. The summed E-state index contributed by atoms with van der Waals surface area (Å²) in [7, 11) is 0. The van der Waals surface area contributed by atoms with Crippen molar-refractivity contribution in [3.05, 3.63) is 58.9 Å². The lowest BCUT2D eigenvalue weighted by molar-refractivity contribution is 0.619. The minimum atomic E-state index is -0.218. The molecule has 0 heterocycles. The standard InChI is InChI=1S/C15H15FN2S/c1-9-4-3-5-12(15(17)19)14(9)18-11-6-7-13(16)10(2)8-11/h3-8,18H,1-2H3,(H2,17,19). The van der Waals surface area contributed by atoms with E-state index in [4.69, 9.17) is 18.0 Å². The van der Waals surface area contributed by atoms with Crippen LogP contribution in [0, 0.1) is 19.7 Å². The van der Waals surface area contributed by atoms with Crippen LogP contribution in [0.2, 0.25) is 0 Å². The monoisotopic (exact) mass is 274 g/mol. The third-order valence-electron chi connectivity index (χ3n) is 2.97. The van der Waals surface area contributed by atoms with Crippen molar-refractivity contribution in [2.24, 2.45) is 5.73 Å². The summed E-state index contributed by atoms with van der Waals surface area (Å²) in [4.78, 5) is 0.338. The highest BCUT2D eigenvalue weighted by atomic mass is 32.1. The molecule has 0 amide bonds. The summed E-state index contributed by atoms with van der Waals surface area (Å²) in [6.45, 7) is 3.70. The van der Waals surface area contributed by atoms with Crippen LogP contribution in [0.4, 0.5) is 15.8 Å². The molecule has 19 heavy (non-hydrogen) atoms. The second-order valence-corrected chi connectivity index (χ2v) is 4.89. The molecule has 0 saturated carbocycles. The van der Waals surface area contributed by atoms with E-state index in [9.17, 15) is 4.39 Å². The molecule has 0 aromatic heterocycles. The first-order chi connectivity index (χ1) is 8.99. The largest absolute Gasteiger partial charge is 0.389 e. The number of aryl methyl sites for hydroxylation is 2. The molecule has 4 heteroatoms. The van der Waals surface area contributed by atoms with Crippen LogP contribution in [-0.4, -0.2) is 4.99 Å². The van der Waals surface area contributed by atoms with Gasteiger partial charge in [-0.05, 0) is 49.2 Å². The van der Waals surface area contributed by atoms with Gasteiger partial charge < -0.3 is 11.1 Å². The Morgan fingerprint density at radius 1 is 1.16 bits per heavy atom. The molecule has 0 atom stereocenters. The minimum Gasteiger partial charge on any atom is -0.389 e. The van der Waals surface area contributed by atoms with Gasteiger partial charge in [0.1, 0.15) is 10.8 Å². The van der Waals surface area contributed by atoms with Gasteiger partial charge >= 0.3 is 0 Å². The van der Waals surface area contributed by atoms with Crippen molar-refractivity contribution in [3.8, 4) is 0 Å². The van der Waals surface area contributed by atoms with Gasteiger partial charge in [0.15, 0.2) is 0 Å². The quantitative estimate of drug-likeness (QED) is 0.836. The number of hydrogen-bond acceptors (Lipinski definition) is 2. The van der Waals surface area contributed by atoms with Crippen LogP contribution in [0.3, 0.4) is 0 Å². The molecule has 0 aliphatic rings. The van der Waals surface area contributed by atoms with Crippen molar-refractivity contribution >= 4 is 28.6 Å². The topological polar surface area (TPSA) is 38.0 Å². The number of benzene rings is 2. The average molecular weight is 274 g/mol. The van der Waals surface area contributed by atoms with Crippen LogP contribution < -0.4 is 11.1 Å². The first-order valence-electron chi connectivity index (χ1n) is 5.91. The number of nitrogens with two attached hydrogens (primary N) is 1. The van der Waals surface area contributed by atoms with Crippen LogP contribution in [-0.2, 0) is 0 Å². The summed E-state index contributed by atoms with van der Waals surface area (Å²) >= 11 is 5.05. The van der Waals surface area contributed by atoms with Crippen LogP contribution in [0.15, 0.2) is 36.4 Å². The molecule has 0 fully saturated rings. The first-order valence-corrected chi connectivity index (χ1v) is 6.32. The van der Waals surface area contributed by atoms with Gasteiger partial charge in [-0.3, -0.25) is 0 Å². The summed E-state index contributed by atoms with van der Waals surface area (Å²) in [6, 6.07) is 10.6. The highest BCUT2D eigenvalue weighted by molar-refractivity contribution is 7.80. The molecule has 0 radical (unpaired) electrons. The Labute approximate surface area is 117 Å². The van der Waals surface area contributed by atoms with Crippen LogP contribution in [0.1, 0.15) is 16.7 Å². The lowest BCUT2D eigenvalue weighted by atomic mass is 10.1. The van der Waals surface area contributed by atoms with Crippen molar-refractivity contribution in [1.82, 2.24) is 0 Å². The van der Waals surface area contributed by atoms with Crippen molar-refractivity contribution in [2.75, 3.05) is 5.32 Å². The molecular weight excluding hydrogens is 259 g/mol. The highest BCUT2D eigenvalue weighted by Crippen LogP contribution is 2.26. The lowest BCUT2D eigenvalue weighted by Gasteiger charge is -2.14. The third-order valence-corrected chi connectivity index (χ3v) is 3.19. The smallest absolute Gasteiger partial charge is 0.126 e. The maximum atomic E-state index is 13.3. The van der Waals surface area contributed by atoms with E-state index in [0.717, 1.165) is 22.5 Å². The van der Waals surface area contributed by atoms with Crippen molar-refractivity contribution in [2.45, 2.75) is 13.8 Å². The highest BCUT2D eigenvalue weighted by Gasteiger charge is 2.08. The summed E-state index contributed by atoms with van der Waals surface area (Å²) in [5.74, 6) is -0.218. The van der Waals surface area contributed by atoms with E-state index in [-0.39, 0.29) is 5.82 Å². The Hall–Kier alpha value is -1.94. The Morgan fingerprint density at radius 3 is 2.53 bits per heavy atom. The van der Waals surface area contributed by atoms with Crippen LogP contribution in [0.5, 0.6) is 0 Å². The van der Waals surface area contributed by atoms with E-state index >= 15 is 0 Å². The van der Waals surface area contributed by atoms with E-state index in [1.54, 1.807) is 19.1 Å². The van der Waals surface area contributed by atoms with Crippen LogP contribution >= 0.6 is 12.2 Å². The Kier molecular flexibility index (Phi) is 3.81. The number of anilines is 2. The molecule has 0 bridgehead atoms. The molecule has 2 aromatic carbocycles. The number of rotatable bonds is 3. The second kappa shape index (κ2) is 5.36. The molecule has 2 nitrogen and oxygen atoms in total. The molecule has 0 spiro atoms. The first kappa shape index (κ1) is 13.5. The molecule has 2 rings (SSSR count). The molecule has 98 valence electrons. The number of halogens is 1. The number of hydrogen-bond donors (Lipinski definition) is 2. The predicted molar refractivity (Wildman–Crippen MR) is 81.5 cm³/mol. The lowest BCUT2D eigenvalue weighted by Crippen LogP contribution is -2.12. The normalized spacial score (nSPS) is 10.3. The maximum Gasteiger partial charge on any atom is 0.126 e. The Bertz CT molecular complexity index is 638. The maximum absolute atomic E-state index is 13.3. The van der Waals surface area contributed by atoms with Crippen molar-refractivity contribution in [1.29, 1.82) is 0 Å². The Morgan fingerprint density at radius 2 is 1.89 bits per heavy atom. The fourth-order valence-electron chi connectivity index (χ4n) is 1.91. The van der Waals surface area contributed by atoms with E-state index in [1.165, 1.54) is 6.07 Å². The molecule has 3 N–H and O–H groups in total. The van der Waals surface area contributed by atoms with E-state index in [2.05, 4.69) is 5.32 Å². The summed E-state index contributed by atoms with van der Waals surface area (Å²) in [6.07, 6.45) is 0. The van der Waals surface area contributed by atoms with Gasteiger partial charge in [0.2, 0.25) is 0 Å². The number of nitrogens with one attached hydrogen (secondary N) is 1. The van der Waals surface area contributed by atoms with Gasteiger partial charge in [0.05, 0.1) is 5.69 Å². The summed E-state index contributed by atoms with van der Waals surface area (Å²) in [5, 5.41) is 3.26. The molecule has 0 aliphatic carbocycles. The van der Waals surface area contributed by atoms with Gasteiger partial charge in [-0.1, -0.05) is 24.4 Å². The third kappa shape index (κ3) is 2.90. The van der Waals surface area contributed by atoms with Crippen LogP contribution in [0.25, 0.3) is 0 Å². The van der Waals surface area contributed by atoms with E-state index in [1.807, 2.05) is 25.1 Å². The second-order valence-electron chi connectivity index (χ2n) is 4.45. The molecule has 2 aromatic rings. The van der Waals surface area contributed by atoms with Gasteiger partial charge in [-0.15, -0.1) is 0 Å². The summed E-state index contributed by atoms with van der Waals surface area (Å²) in [5.41, 5.74) is 9.81. The van der Waals surface area contributed by atoms with Gasteiger partial charge in [0, 0.05) is 11.3 Å². The average Bonchev–Trinajstić information content (AvgIpc) is 2.36. The molecule has 0 unspecified atom stereocenters. The van der Waals surface area contributed by atoms with E-state index in [0.29, 0.717) is 10.6 Å². The van der Waals surface area contributed by atoms with Crippen molar-refractivity contribution < 1.29 is 4.39 Å². The van der Waals surface area contributed by atoms with Crippen molar-refractivity contribution in [3.63, 3.8) is 0 Å². The minimum absolute atomic E-state index is 0.218.